The molecule has 0 fully saturated rings. The van der Waals surface area contributed by atoms with Gasteiger partial charge in [0.1, 0.15) is 24.7 Å². The van der Waals surface area contributed by atoms with E-state index in [1.54, 1.807) is 0 Å². The summed E-state index contributed by atoms with van der Waals surface area (Å²) < 4.78 is 12.1. The van der Waals surface area contributed by atoms with E-state index >= 15 is 0 Å². The smallest absolute Gasteiger partial charge is 0.123 e. The second-order valence-electron chi connectivity index (χ2n) is 9.52. The van der Waals surface area contributed by atoms with Gasteiger partial charge in [0.25, 0.3) is 0 Å². The van der Waals surface area contributed by atoms with Gasteiger partial charge >= 0.3 is 0 Å². The van der Waals surface area contributed by atoms with E-state index in [0.29, 0.717) is 24.7 Å². The summed E-state index contributed by atoms with van der Waals surface area (Å²) in [4.78, 5) is 0. The first-order chi connectivity index (χ1) is 19.7. The molecule has 0 spiro atoms. The van der Waals surface area contributed by atoms with Crippen molar-refractivity contribution < 1.29 is 14.6 Å². The lowest BCUT2D eigenvalue weighted by Gasteiger charge is -2.12. The van der Waals surface area contributed by atoms with Crippen molar-refractivity contribution in [1.29, 1.82) is 0 Å². The van der Waals surface area contributed by atoms with Crippen molar-refractivity contribution in [3.8, 4) is 11.5 Å². The van der Waals surface area contributed by atoms with Crippen LogP contribution in [0.3, 0.4) is 0 Å². The molecule has 3 heteroatoms. The average Bonchev–Trinajstić information content (AvgIpc) is 3.02. The van der Waals surface area contributed by atoms with Gasteiger partial charge in [0.2, 0.25) is 0 Å². The highest BCUT2D eigenvalue weighted by Crippen LogP contribution is 2.25. The molecule has 5 rings (SSSR count). The van der Waals surface area contributed by atoms with Crippen molar-refractivity contribution in [2.45, 2.75) is 19.8 Å². The SMILES string of the molecule is OCc1cc(OCc2ccc(/C=C/c3ccccc3)cc2)cc(OCc2ccc(/C=C/c3ccccc3)cc2)c1. The van der Waals surface area contributed by atoms with E-state index in [4.69, 9.17) is 9.47 Å². The predicted molar refractivity (Wildman–Crippen MR) is 165 cm³/mol. The number of rotatable bonds is 11. The van der Waals surface area contributed by atoms with Gasteiger partial charge in [-0.05, 0) is 51.1 Å². The maximum atomic E-state index is 9.76. The van der Waals surface area contributed by atoms with E-state index in [9.17, 15) is 5.11 Å². The van der Waals surface area contributed by atoms with Crippen LogP contribution in [0, 0.1) is 0 Å². The van der Waals surface area contributed by atoms with Crippen LogP contribution in [0.2, 0.25) is 0 Å². The molecule has 0 saturated carbocycles. The van der Waals surface area contributed by atoms with Crippen LogP contribution in [0.1, 0.15) is 38.9 Å². The molecule has 1 N–H and O–H groups in total. The lowest BCUT2D eigenvalue weighted by Crippen LogP contribution is -1.99. The number of benzene rings is 5. The lowest BCUT2D eigenvalue weighted by molar-refractivity contribution is 0.271. The number of hydrogen-bond donors (Lipinski definition) is 1. The fraction of sp³-hybridized carbons (Fsp3) is 0.0811. The van der Waals surface area contributed by atoms with Gasteiger partial charge in [-0.3, -0.25) is 0 Å². The zero-order chi connectivity index (χ0) is 27.4. The molecule has 198 valence electrons. The molecule has 3 nitrogen and oxygen atoms in total. The molecule has 0 unspecified atom stereocenters. The number of hydrogen-bond acceptors (Lipinski definition) is 3. The first-order valence-corrected chi connectivity index (χ1v) is 13.4. The molecule has 0 amide bonds. The molecule has 0 aromatic heterocycles. The van der Waals surface area contributed by atoms with Crippen LogP contribution < -0.4 is 9.47 Å². The van der Waals surface area contributed by atoms with Crippen molar-refractivity contribution in [1.82, 2.24) is 0 Å². The summed E-state index contributed by atoms with van der Waals surface area (Å²) in [5.41, 5.74) is 7.48. The fourth-order valence-electron chi connectivity index (χ4n) is 4.19. The second kappa shape index (κ2) is 13.8. The van der Waals surface area contributed by atoms with Crippen molar-refractivity contribution in [2.75, 3.05) is 0 Å². The molecule has 0 bridgehead atoms. The molecule has 0 aliphatic carbocycles. The standard InChI is InChI=1S/C37H32O3/c38-26-35-23-36(39-27-33-19-15-31(16-20-33)13-11-29-7-3-1-4-8-29)25-37(24-35)40-28-34-21-17-32(18-22-34)14-12-30-9-5-2-6-10-30/h1-25,38H,26-28H2/b13-11+,14-12+. The third kappa shape index (κ3) is 8.07. The van der Waals surface area contributed by atoms with Crippen LogP contribution in [0.25, 0.3) is 24.3 Å². The third-order valence-corrected chi connectivity index (χ3v) is 6.43. The number of aliphatic hydroxyl groups excluding tert-OH is 1. The van der Waals surface area contributed by atoms with Crippen LogP contribution in [-0.2, 0) is 19.8 Å². The van der Waals surface area contributed by atoms with Gasteiger partial charge in [-0.2, -0.15) is 0 Å². The first-order valence-electron chi connectivity index (χ1n) is 13.4. The molecule has 0 heterocycles. The molecular formula is C37H32O3. The summed E-state index contributed by atoms with van der Waals surface area (Å²) >= 11 is 0. The van der Waals surface area contributed by atoms with Crippen molar-refractivity contribution in [3.63, 3.8) is 0 Å². The third-order valence-electron chi connectivity index (χ3n) is 6.43. The van der Waals surface area contributed by atoms with Gasteiger partial charge in [0.15, 0.2) is 0 Å². The highest BCUT2D eigenvalue weighted by atomic mass is 16.5. The van der Waals surface area contributed by atoms with Crippen LogP contribution >= 0.6 is 0 Å². The average molecular weight is 525 g/mol. The minimum absolute atomic E-state index is 0.0849. The van der Waals surface area contributed by atoms with E-state index in [1.807, 2.05) is 54.6 Å². The molecule has 5 aromatic carbocycles. The van der Waals surface area contributed by atoms with Crippen molar-refractivity contribution in [2.24, 2.45) is 0 Å². The van der Waals surface area contributed by atoms with Crippen LogP contribution in [0.4, 0.5) is 0 Å². The minimum Gasteiger partial charge on any atom is -0.489 e. The summed E-state index contributed by atoms with van der Waals surface area (Å²) in [6.07, 6.45) is 8.41. The highest BCUT2D eigenvalue weighted by Gasteiger charge is 2.05. The minimum atomic E-state index is -0.0849. The molecule has 0 saturated heterocycles. The van der Waals surface area contributed by atoms with E-state index in [1.165, 1.54) is 11.1 Å². The van der Waals surface area contributed by atoms with Crippen LogP contribution in [0.15, 0.2) is 127 Å². The van der Waals surface area contributed by atoms with Crippen LogP contribution in [0.5, 0.6) is 11.5 Å². The number of aliphatic hydroxyl groups is 1. The summed E-state index contributed by atoms with van der Waals surface area (Å²) in [7, 11) is 0. The Morgan fingerprint density at radius 3 is 1.18 bits per heavy atom. The van der Waals surface area contributed by atoms with Crippen LogP contribution in [-0.4, -0.2) is 5.11 Å². The lowest BCUT2D eigenvalue weighted by atomic mass is 10.1. The maximum absolute atomic E-state index is 9.76. The Bertz CT molecular complexity index is 1420. The largest absolute Gasteiger partial charge is 0.489 e. The topological polar surface area (TPSA) is 38.7 Å². The molecule has 0 aliphatic rings. The molecule has 0 atom stereocenters. The Morgan fingerprint density at radius 2 is 0.800 bits per heavy atom. The second-order valence-corrected chi connectivity index (χ2v) is 9.52. The Hall–Kier alpha value is -4.86. The highest BCUT2D eigenvalue weighted by molar-refractivity contribution is 5.70. The zero-order valence-electron chi connectivity index (χ0n) is 22.3. The summed E-state index contributed by atoms with van der Waals surface area (Å²) in [5.74, 6) is 1.33. The summed E-state index contributed by atoms with van der Waals surface area (Å²) in [5, 5.41) is 9.76. The van der Waals surface area contributed by atoms with Gasteiger partial charge in [-0.15, -0.1) is 0 Å². The van der Waals surface area contributed by atoms with E-state index in [-0.39, 0.29) is 6.61 Å². The van der Waals surface area contributed by atoms with Gasteiger partial charge in [-0.1, -0.05) is 133 Å². The van der Waals surface area contributed by atoms with Gasteiger partial charge in [0, 0.05) is 6.07 Å². The molecule has 0 aliphatic heterocycles. The normalized spacial score (nSPS) is 11.2. The maximum Gasteiger partial charge on any atom is 0.123 e. The number of ether oxygens (including phenoxy) is 2. The molecule has 5 aromatic rings. The van der Waals surface area contributed by atoms with Gasteiger partial charge in [0.05, 0.1) is 6.61 Å². The fourth-order valence-corrected chi connectivity index (χ4v) is 4.19. The van der Waals surface area contributed by atoms with Crippen molar-refractivity contribution in [3.05, 3.63) is 166 Å². The Morgan fingerprint density at radius 1 is 0.425 bits per heavy atom. The Balaban J connectivity index is 1.16. The van der Waals surface area contributed by atoms with E-state index in [2.05, 4.69) is 97.1 Å². The molecule has 40 heavy (non-hydrogen) atoms. The van der Waals surface area contributed by atoms with Crippen molar-refractivity contribution >= 4 is 24.3 Å². The summed E-state index contributed by atoms with van der Waals surface area (Å²) in [6, 6.07) is 42.6. The first kappa shape index (κ1) is 26.7. The van der Waals surface area contributed by atoms with Gasteiger partial charge in [-0.25, -0.2) is 0 Å². The monoisotopic (exact) mass is 524 g/mol. The Kier molecular flexibility index (Phi) is 9.22. The van der Waals surface area contributed by atoms with Gasteiger partial charge < -0.3 is 14.6 Å². The molecule has 0 radical (unpaired) electrons. The quantitative estimate of drug-likeness (QED) is 0.176. The zero-order valence-corrected chi connectivity index (χ0v) is 22.3. The molecular weight excluding hydrogens is 492 g/mol. The Labute approximate surface area is 236 Å². The van der Waals surface area contributed by atoms with E-state index < -0.39 is 0 Å². The van der Waals surface area contributed by atoms with E-state index in [0.717, 1.165) is 27.8 Å². The summed E-state index contributed by atoms with van der Waals surface area (Å²) in [6.45, 7) is 0.766. The predicted octanol–water partition coefficient (Wildman–Crippen LogP) is 8.68.